The van der Waals surface area contributed by atoms with Crippen LogP contribution in [-0.2, 0) is 6.61 Å². The zero-order valence-electron chi connectivity index (χ0n) is 9.26. The molecule has 0 radical (unpaired) electrons. The van der Waals surface area contributed by atoms with Gasteiger partial charge in [-0.2, -0.15) is 22.5 Å². The average Bonchev–Trinajstić information content (AvgIpc) is 2.38. The van der Waals surface area contributed by atoms with Gasteiger partial charge in [-0.3, -0.25) is 0 Å². The van der Waals surface area contributed by atoms with Gasteiger partial charge in [0.25, 0.3) is 11.9 Å². The van der Waals surface area contributed by atoms with E-state index < -0.39 is 41.7 Å². The lowest BCUT2D eigenvalue weighted by atomic mass is 10.2. The van der Waals surface area contributed by atoms with Crippen molar-refractivity contribution in [2.75, 3.05) is 0 Å². The number of halogens is 5. The fourth-order valence-corrected chi connectivity index (χ4v) is 1.36. The van der Waals surface area contributed by atoms with Crippen LogP contribution < -0.4 is 4.74 Å². The molecular formula is C12H6F5NO. The van der Waals surface area contributed by atoms with Gasteiger partial charge in [0.2, 0.25) is 17.4 Å². The van der Waals surface area contributed by atoms with Gasteiger partial charge in [0.1, 0.15) is 12.4 Å². The molecule has 1 heterocycles. The van der Waals surface area contributed by atoms with Gasteiger partial charge in [-0.05, 0) is 6.07 Å². The highest BCUT2D eigenvalue weighted by Gasteiger charge is 2.22. The minimum absolute atomic E-state index is 0.0149. The largest absolute Gasteiger partial charge is 0.482 e. The first-order valence-corrected chi connectivity index (χ1v) is 5.07. The van der Waals surface area contributed by atoms with E-state index in [9.17, 15) is 22.0 Å². The standard InChI is InChI=1S/C12H6F5NO/c13-7-4-2-1-3-6(7)5-19-10-8(14)11(16)18-12(17)9(10)15/h1-4H,5H2. The van der Waals surface area contributed by atoms with E-state index in [1.807, 2.05) is 0 Å². The molecule has 2 aromatic rings. The Kier molecular flexibility index (Phi) is 3.64. The SMILES string of the molecule is Fc1ccccc1COc1c(F)c(F)nc(F)c1F. The van der Waals surface area contributed by atoms with E-state index >= 15 is 0 Å². The lowest BCUT2D eigenvalue weighted by molar-refractivity contribution is 0.251. The highest BCUT2D eigenvalue weighted by atomic mass is 19.2. The van der Waals surface area contributed by atoms with Crippen LogP contribution in [0.25, 0.3) is 0 Å². The summed E-state index contributed by atoms with van der Waals surface area (Å²) in [4.78, 5) is 2.37. The van der Waals surface area contributed by atoms with E-state index in [1.165, 1.54) is 18.2 Å². The molecule has 0 N–H and O–H groups in total. The van der Waals surface area contributed by atoms with Crippen LogP contribution in [0.5, 0.6) is 5.75 Å². The van der Waals surface area contributed by atoms with Crippen LogP contribution in [-0.4, -0.2) is 4.98 Å². The van der Waals surface area contributed by atoms with Gasteiger partial charge in [-0.1, -0.05) is 18.2 Å². The Labute approximate surface area is 104 Å². The molecule has 0 unspecified atom stereocenters. The van der Waals surface area contributed by atoms with Crippen molar-refractivity contribution in [3.05, 3.63) is 59.2 Å². The van der Waals surface area contributed by atoms with E-state index in [2.05, 4.69) is 9.72 Å². The van der Waals surface area contributed by atoms with Crippen LogP contribution in [0.3, 0.4) is 0 Å². The average molecular weight is 275 g/mol. The zero-order chi connectivity index (χ0) is 14.0. The van der Waals surface area contributed by atoms with Gasteiger partial charge >= 0.3 is 0 Å². The molecule has 1 aromatic heterocycles. The molecule has 0 saturated heterocycles. The highest BCUT2D eigenvalue weighted by molar-refractivity contribution is 5.25. The maximum Gasteiger partial charge on any atom is 0.255 e. The fraction of sp³-hybridized carbons (Fsp3) is 0.0833. The summed E-state index contributed by atoms with van der Waals surface area (Å²) in [5, 5.41) is 0. The number of pyridine rings is 1. The first kappa shape index (κ1) is 13.3. The lowest BCUT2D eigenvalue weighted by Gasteiger charge is -2.09. The Bertz CT molecular complexity index is 591. The molecule has 0 aliphatic rings. The Balaban J connectivity index is 2.28. The molecule has 0 amide bonds. The van der Waals surface area contributed by atoms with Crippen molar-refractivity contribution < 1.29 is 26.7 Å². The molecule has 100 valence electrons. The predicted octanol–water partition coefficient (Wildman–Crippen LogP) is 3.36. The van der Waals surface area contributed by atoms with Crippen molar-refractivity contribution in [3.63, 3.8) is 0 Å². The summed E-state index contributed by atoms with van der Waals surface area (Å²) >= 11 is 0. The topological polar surface area (TPSA) is 22.1 Å². The van der Waals surface area contributed by atoms with Crippen molar-refractivity contribution in [3.8, 4) is 5.75 Å². The second-order valence-electron chi connectivity index (χ2n) is 3.53. The highest BCUT2D eigenvalue weighted by Crippen LogP contribution is 2.25. The summed E-state index contributed by atoms with van der Waals surface area (Å²) in [6, 6.07) is 5.30. The third-order valence-electron chi connectivity index (χ3n) is 2.29. The van der Waals surface area contributed by atoms with Crippen LogP contribution in [0.1, 0.15) is 5.56 Å². The molecule has 0 spiro atoms. The van der Waals surface area contributed by atoms with Gasteiger partial charge in [0.15, 0.2) is 0 Å². The maximum absolute atomic E-state index is 13.2. The minimum Gasteiger partial charge on any atom is -0.482 e. The third-order valence-corrected chi connectivity index (χ3v) is 2.29. The van der Waals surface area contributed by atoms with Gasteiger partial charge < -0.3 is 4.74 Å². The van der Waals surface area contributed by atoms with Gasteiger partial charge in [0.05, 0.1) is 0 Å². The maximum atomic E-state index is 13.2. The summed E-state index contributed by atoms with van der Waals surface area (Å²) in [5.74, 6) is -9.14. The van der Waals surface area contributed by atoms with E-state index in [4.69, 9.17) is 0 Å². The van der Waals surface area contributed by atoms with Crippen LogP contribution in [0, 0.1) is 29.3 Å². The molecular weight excluding hydrogens is 269 g/mol. The summed E-state index contributed by atoms with van der Waals surface area (Å²) in [7, 11) is 0. The predicted molar refractivity (Wildman–Crippen MR) is 54.8 cm³/mol. The second-order valence-corrected chi connectivity index (χ2v) is 3.53. The summed E-state index contributed by atoms with van der Waals surface area (Å²) in [6.07, 6.45) is 0. The molecule has 19 heavy (non-hydrogen) atoms. The first-order valence-electron chi connectivity index (χ1n) is 5.07. The monoisotopic (exact) mass is 275 g/mol. The number of benzene rings is 1. The molecule has 0 atom stereocenters. The second kappa shape index (κ2) is 5.21. The molecule has 0 aliphatic carbocycles. The Morgan fingerprint density at radius 1 is 0.895 bits per heavy atom. The summed E-state index contributed by atoms with van der Waals surface area (Å²) in [6.45, 7) is -0.580. The number of rotatable bonds is 3. The minimum atomic E-state index is -1.83. The number of nitrogens with zero attached hydrogens (tertiary/aromatic N) is 1. The number of aromatic nitrogens is 1. The Morgan fingerprint density at radius 3 is 2.05 bits per heavy atom. The molecule has 2 rings (SSSR count). The van der Waals surface area contributed by atoms with Gasteiger partial charge in [0, 0.05) is 5.56 Å². The van der Waals surface area contributed by atoms with E-state index in [0.29, 0.717) is 0 Å². The summed E-state index contributed by atoms with van der Waals surface area (Å²) in [5.41, 5.74) is -0.0149. The smallest absolute Gasteiger partial charge is 0.255 e. The van der Waals surface area contributed by atoms with Crippen molar-refractivity contribution in [2.24, 2.45) is 0 Å². The van der Waals surface area contributed by atoms with E-state index in [1.54, 1.807) is 0 Å². The molecule has 0 fully saturated rings. The lowest BCUT2D eigenvalue weighted by Crippen LogP contribution is -2.07. The van der Waals surface area contributed by atoms with Crippen molar-refractivity contribution in [1.29, 1.82) is 0 Å². The van der Waals surface area contributed by atoms with Crippen LogP contribution in [0.2, 0.25) is 0 Å². The quantitative estimate of drug-likeness (QED) is 0.633. The van der Waals surface area contributed by atoms with Gasteiger partial charge in [-0.15, -0.1) is 0 Å². The molecule has 2 nitrogen and oxygen atoms in total. The Morgan fingerprint density at radius 2 is 1.47 bits per heavy atom. The molecule has 0 aliphatic heterocycles. The first-order chi connectivity index (χ1) is 9.00. The zero-order valence-corrected chi connectivity index (χ0v) is 9.26. The molecule has 1 aromatic carbocycles. The van der Waals surface area contributed by atoms with Crippen LogP contribution >= 0.6 is 0 Å². The van der Waals surface area contributed by atoms with Crippen molar-refractivity contribution in [1.82, 2.24) is 4.98 Å². The number of hydrogen-bond acceptors (Lipinski definition) is 2. The molecule has 0 saturated carbocycles. The van der Waals surface area contributed by atoms with E-state index in [0.717, 1.165) is 6.07 Å². The molecule has 0 bridgehead atoms. The normalized spacial score (nSPS) is 10.6. The number of ether oxygens (including phenoxy) is 1. The third kappa shape index (κ3) is 2.64. The fourth-order valence-electron chi connectivity index (χ4n) is 1.36. The van der Waals surface area contributed by atoms with Crippen LogP contribution in [0.4, 0.5) is 22.0 Å². The van der Waals surface area contributed by atoms with Crippen molar-refractivity contribution >= 4 is 0 Å². The number of hydrogen-bond donors (Lipinski definition) is 0. The van der Waals surface area contributed by atoms with Gasteiger partial charge in [-0.25, -0.2) is 4.39 Å². The summed E-state index contributed by atoms with van der Waals surface area (Å²) < 4.78 is 69.7. The molecule has 7 heteroatoms. The van der Waals surface area contributed by atoms with Crippen LogP contribution in [0.15, 0.2) is 24.3 Å². The Hall–Kier alpha value is -2.18. The van der Waals surface area contributed by atoms with Crippen molar-refractivity contribution in [2.45, 2.75) is 6.61 Å². The van der Waals surface area contributed by atoms with E-state index in [-0.39, 0.29) is 5.56 Å².